The maximum absolute atomic E-state index is 12.5. The number of phosphoric ester groups is 1. The van der Waals surface area contributed by atoms with Crippen LogP contribution >= 0.6 is 7.82 Å². The minimum absolute atomic E-state index is 0.168. The van der Waals surface area contributed by atoms with Gasteiger partial charge in [-0.05, 0) is 12.8 Å². The third kappa shape index (κ3) is 28.0. The van der Waals surface area contributed by atoms with Crippen molar-refractivity contribution in [2.75, 3.05) is 19.8 Å². The fourth-order valence-electron chi connectivity index (χ4n) is 4.59. The molecule has 0 aliphatic carbocycles. The Morgan fingerprint density at radius 1 is 0.614 bits per heavy atom. The molecule has 0 aromatic carbocycles. The highest BCUT2D eigenvalue weighted by molar-refractivity contribution is 7.47. The van der Waals surface area contributed by atoms with Crippen molar-refractivity contribution in [1.29, 1.82) is 0 Å². The topological polar surface area (TPSA) is 172 Å². The van der Waals surface area contributed by atoms with Crippen LogP contribution in [0.5, 0.6) is 0 Å². The summed E-state index contributed by atoms with van der Waals surface area (Å²) in [4.78, 5) is 45.4. The molecule has 1 unspecified atom stereocenters. The van der Waals surface area contributed by atoms with E-state index in [1.807, 2.05) is 0 Å². The van der Waals surface area contributed by atoms with Gasteiger partial charge < -0.3 is 25.2 Å². The fourth-order valence-corrected chi connectivity index (χ4v) is 5.37. The van der Waals surface area contributed by atoms with E-state index in [1.165, 1.54) is 77.0 Å². The fraction of sp³-hybridized carbons (Fsp3) is 0.906. The monoisotopic (exact) mass is 651 g/mol. The number of carboxylic acids is 1. The van der Waals surface area contributed by atoms with E-state index in [1.54, 1.807) is 0 Å². The second-order valence-electron chi connectivity index (χ2n) is 11.7. The number of hydrogen-bond donors (Lipinski definition) is 3. The largest absolute Gasteiger partial charge is 0.480 e. The normalized spacial score (nSPS) is 14.1. The Labute approximate surface area is 265 Å². The zero-order valence-corrected chi connectivity index (χ0v) is 28.4. The van der Waals surface area contributed by atoms with E-state index in [0.717, 1.165) is 38.5 Å². The lowest BCUT2D eigenvalue weighted by Gasteiger charge is -2.20. The van der Waals surface area contributed by atoms with E-state index in [-0.39, 0.29) is 19.4 Å². The molecule has 3 atom stereocenters. The van der Waals surface area contributed by atoms with Gasteiger partial charge in [-0.15, -0.1) is 0 Å². The molecule has 0 saturated heterocycles. The van der Waals surface area contributed by atoms with Crippen molar-refractivity contribution in [3.8, 4) is 0 Å². The zero-order valence-electron chi connectivity index (χ0n) is 27.5. The minimum Gasteiger partial charge on any atom is -0.480 e. The number of aliphatic carboxylic acids is 1. The van der Waals surface area contributed by atoms with Gasteiger partial charge in [0.15, 0.2) is 6.10 Å². The predicted octanol–water partition coefficient (Wildman–Crippen LogP) is 7.61. The van der Waals surface area contributed by atoms with Crippen LogP contribution < -0.4 is 5.73 Å². The van der Waals surface area contributed by atoms with Crippen LogP contribution in [-0.4, -0.2) is 59.9 Å². The van der Waals surface area contributed by atoms with Gasteiger partial charge in [0, 0.05) is 12.8 Å². The zero-order chi connectivity index (χ0) is 32.9. The highest BCUT2D eigenvalue weighted by atomic mass is 31.2. The lowest BCUT2D eigenvalue weighted by molar-refractivity contribution is -0.161. The van der Waals surface area contributed by atoms with Crippen LogP contribution in [0.15, 0.2) is 0 Å². The summed E-state index contributed by atoms with van der Waals surface area (Å²) >= 11 is 0. The highest BCUT2D eigenvalue weighted by Crippen LogP contribution is 2.43. The Hall–Kier alpha value is -1.52. The van der Waals surface area contributed by atoms with Gasteiger partial charge in [-0.3, -0.25) is 23.4 Å². The number of phosphoric acid groups is 1. The first-order chi connectivity index (χ1) is 21.1. The molecule has 0 aliphatic heterocycles. The summed E-state index contributed by atoms with van der Waals surface area (Å²) < 4.78 is 32.4. The van der Waals surface area contributed by atoms with Gasteiger partial charge >= 0.3 is 25.7 Å². The molecule has 0 aromatic rings. The highest BCUT2D eigenvalue weighted by Gasteiger charge is 2.28. The molecule has 0 spiro atoms. The molecule has 11 nitrogen and oxygen atoms in total. The summed E-state index contributed by atoms with van der Waals surface area (Å²) in [6.45, 7) is 2.73. The first-order valence-corrected chi connectivity index (χ1v) is 18.6. The summed E-state index contributed by atoms with van der Waals surface area (Å²) in [5.74, 6) is -2.38. The molecular formula is C32H62NO10P. The van der Waals surface area contributed by atoms with Gasteiger partial charge in [0.05, 0.1) is 13.2 Å². The second-order valence-corrected chi connectivity index (χ2v) is 13.1. The van der Waals surface area contributed by atoms with Crippen molar-refractivity contribution in [3.63, 3.8) is 0 Å². The Bertz CT molecular complexity index is 782. The summed E-state index contributed by atoms with van der Waals surface area (Å²) in [7, 11) is -4.69. The molecule has 0 amide bonds. The quantitative estimate of drug-likeness (QED) is 0.0371. The molecule has 12 heteroatoms. The van der Waals surface area contributed by atoms with Gasteiger partial charge in [-0.1, -0.05) is 129 Å². The number of carbonyl (C=O) groups excluding carboxylic acids is 2. The molecule has 0 aliphatic rings. The molecule has 4 N–H and O–H groups in total. The van der Waals surface area contributed by atoms with Crippen molar-refractivity contribution in [2.24, 2.45) is 5.73 Å². The number of esters is 2. The smallest absolute Gasteiger partial charge is 0.472 e. The molecule has 0 fully saturated rings. The summed E-state index contributed by atoms with van der Waals surface area (Å²) in [5.41, 5.74) is 5.29. The molecule has 0 saturated carbocycles. The summed E-state index contributed by atoms with van der Waals surface area (Å²) in [5, 5.41) is 8.82. The standard InChI is InChI=1S/C32H62NO10P/c1-3-5-7-9-11-13-14-15-16-18-20-22-24-31(35)43-28(26-41-44(38,39)42-27-29(33)32(36)37)25-40-30(34)23-21-19-17-12-10-8-6-4-2/h28-29H,3-27,33H2,1-2H3,(H,36,37)(H,38,39)/t28-,29+/m1/s1. The molecular weight excluding hydrogens is 589 g/mol. The number of nitrogens with two attached hydrogens (primary N) is 1. The van der Waals surface area contributed by atoms with Crippen LogP contribution in [0.2, 0.25) is 0 Å². The maximum Gasteiger partial charge on any atom is 0.472 e. The van der Waals surface area contributed by atoms with E-state index < -0.39 is 51.1 Å². The molecule has 0 radical (unpaired) electrons. The number of carboxylic acid groups (broad SMARTS) is 1. The Morgan fingerprint density at radius 3 is 1.43 bits per heavy atom. The SMILES string of the molecule is CCCCCCCCCCCCCCC(=O)O[C@H](COC(=O)CCCCCCCCCC)COP(=O)(O)OC[C@H](N)C(=O)O. The average molecular weight is 652 g/mol. The molecule has 260 valence electrons. The molecule has 0 heterocycles. The van der Waals surface area contributed by atoms with Crippen LogP contribution in [0.1, 0.15) is 155 Å². The van der Waals surface area contributed by atoms with Gasteiger partial charge in [0.1, 0.15) is 12.6 Å². The van der Waals surface area contributed by atoms with E-state index in [0.29, 0.717) is 12.8 Å². The third-order valence-electron chi connectivity index (χ3n) is 7.36. The third-order valence-corrected chi connectivity index (χ3v) is 8.31. The average Bonchev–Trinajstić information content (AvgIpc) is 2.99. The minimum atomic E-state index is -4.69. The van der Waals surface area contributed by atoms with E-state index >= 15 is 0 Å². The van der Waals surface area contributed by atoms with Crippen LogP contribution in [-0.2, 0) is 37.5 Å². The first kappa shape index (κ1) is 42.5. The van der Waals surface area contributed by atoms with Gasteiger partial charge in [-0.2, -0.15) is 0 Å². The van der Waals surface area contributed by atoms with Crippen LogP contribution in [0.4, 0.5) is 0 Å². The van der Waals surface area contributed by atoms with Gasteiger partial charge in [0.2, 0.25) is 0 Å². The number of carbonyl (C=O) groups is 3. The first-order valence-electron chi connectivity index (χ1n) is 17.1. The molecule has 44 heavy (non-hydrogen) atoms. The number of hydrogen-bond acceptors (Lipinski definition) is 9. The predicted molar refractivity (Wildman–Crippen MR) is 171 cm³/mol. The Kier molecular flexibility index (Phi) is 27.9. The molecule has 0 aromatic heterocycles. The van der Waals surface area contributed by atoms with Gasteiger partial charge in [0.25, 0.3) is 0 Å². The molecule has 0 rings (SSSR count). The summed E-state index contributed by atoms with van der Waals surface area (Å²) in [6.07, 6.45) is 21.9. The Morgan fingerprint density at radius 2 is 1.00 bits per heavy atom. The maximum atomic E-state index is 12.5. The van der Waals surface area contributed by atoms with Gasteiger partial charge in [-0.25, -0.2) is 4.57 Å². The van der Waals surface area contributed by atoms with E-state index in [4.69, 9.17) is 24.8 Å². The van der Waals surface area contributed by atoms with Crippen LogP contribution in [0.25, 0.3) is 0 Å². The van der Waals surface area contributed by atoms with Crippen molar-refractivity contribution in [1.82, 2.24) is 0 Å². The number of ether oxygens (including phenoxy) is 2. The lowest BCUT2D eigenvalue weighted by Crippen LogP contribution is -2.34. The van der Waals surface area contributed by atoms with Crippen LogP contribution in [0.3, 0.4) is 0 Å². The number of rotatable bonds is 32. The second kappa shape index (κ2) is 28.9. The van der Waals surface area contributed by atoms with Crippen molar-refractivity contribution in [2.45, 2.75) is 167 Å². The van der Waals surface area contributed by atoms with Crippen LogP contribution in [0, 0.1) is 0 Å². The Balaban J connectivity index is 4.48. The van der Waals surface area contributed by atoms with Crippen molar-refractivity contribution >= 4 is 25.7 Å². The summed E-state index contributed by atoms with van der Waals surface area (Å²) in [6, 6.07) is -1.51. The molecule has 0 bridgehead atoms. The van der Waals surface area contributed by atoms with E-state index in [2.05, 4.69) is 18.4 Å². The lowest BCUT2D eigenvalue weighted by atomic mass is 10.0. The van der Waals surface area contributed by atoms with Crippen molar-refractivity contribution in [3.05, 3.63) is 0 Å². The van der Waals surface area contributed by atoms with Crippen molar-refractivity contribution < 1.29 is 47.5 Å². The van der Waals surface area contributed by atoms with E-state index in [9.17, 15) is 23.8 Å². The number of unbranched alkanes of at least 4 members (excludes halogenated alkanes) is 18.